The van der Waals surface area contributed by atoms with Gasteiger partial charge in [0, 0.05) is 16.6 Å². The molecular weight excluding hydrogens is 330 g/mol. The number of ether oxygens (including phenoxy) is 1. The van der Waals surface area contributed by atoms with Crippen LogP contribution in [-0.4, -0.2) is 10.2 Å². The minimum Gasteiger partial charge on any atom is -0.437 e. The first-order valence-corrected chi connectivity index (χ1v) is 7.73. The monoisotopic (exact) mass is 349 g/mol. The van der Waals surface area contributed by atoms with E-state index < -0.39 is 0 Å². The van der Waals surface area contributed by atoms with E-state index in [-0.39, 0.29) is 0 Å². The highest BCUT2D eigenvalue weighted by Gasteiger charge is 2.15. The lowest BCUT2D eigenvalue weighted by Crippen LogP contribution is -2.08. The third-order valence-corrected chi connectivity index (χ3v) is 4.04. The molecule has 0 atom stereocenters. The molecule has 4 nitrogen and oxygen atoms in total. The summed E-state index contributed by atoms with van der Waals surface area (Å²) in [7, 11) is 0. The first kappa shape index (κ1) is 15.9. The molecule has 5 heteroatoms. The van der Waals surface area contributed by atoms with Gasteiger partial charge in [0.15, 0.2) is 0 Å². The highest BCUT2D eigenvalue weighted by atomic mass is 79.9. The Morgan fingerprint density at radius 3 is 2.57 bits per heavy atom. The number of rotatable bonds is 4. The standard InChI is InChI=1S/C16H20BrN3O/c1-9(2)13-7-12(17)5-6-15(13)21-16-14(8-18)10(3)11(4)19-20-16/h5-7,9H,8,18H2,1-4H3. The number of benzene rings is 1. The van der Waals surface area contributed by atoms with Gasteiger partial charge in [-0.05, 0) is 49.1 Å². The molecule has 0 aliphatic rings. The van der Waals surface area contributed by atoms with Crippen molar-refractivity contribution in [2.24, 2.45) is 5.73 Å². The van der Waals surface area contributed by atoms with E-state index in [0.29, 0.717) is 18.3 Å². The molecule has 1 aromatic carbocycles. The number of nitrogens with zero attached hydrogens (tertiary/aromatic N) is 2. The summed E-state index contributed by atoms with van der Waals surface area (Å²) in [4.78, 5) is 0. The SMILES string of the molecule is Cc1nnc(Oc2ccc(Br)cc2C(C)C)c(CN)c1C. The molecule has 0 saturated carbocycles. The maximum absolute atomic E-state index is 6.01. The maximum Gasteiger partial charge on any atom is 0.243 e. The molecule has 112 valence electrons. The van der Waals surface area contributed by atoms with Crippen molar-refractivity contribution in [3.8, 4) is 11.6 Å². The van der Waals surface area contributed by atoms with E-state index in [2.05, 4.69) is 46.0 Å². The zero-order valence-electron chi connectivity index (χ0n) is 12.8. The van der Waals surface area contributed by atoms with Gasteiger partial charge in [-0.3, -0.25) is 0 Å². The second-order valence-corrected chi connectivity index (χ2v) is 6.25. The summed E-state index contributed by atoms with van der Waals surface area (Å²) in [6, 6.07) is 5.96. The first-order chi connectivity index (χ1) is 9.93. The van der Waals surface area contributed by atoms with Gasteiger partial charge in [0.25, 0.3) is 0 Å². The Labute approximate surface area is 133 Å². The minimum atomic E-state index is 0.346. The van der Waals surface area contributed by atoms with Crippen LogP contribution in [-0.2, 0) is 6.54 Å². The Kier molecular flexibility index (Phi) is 4.96. The lowest BCUT2D eigenvalue weighted by molar-refractivity contribution is 0.439. The number of nitrogens with two attached hydrogens (primary N) is 1. The van der Waals surface area contributed by atoms with Crippen LogP contribution in [0.1, 0.15) is 42.1 Å². The molecule has 0 aliphatic carbocycles. The van der Waals surface area contributed by atoms with Gasteiger partial charge in [-0.2, -0.15) is 5.10 Å². The number of halogens is 1. The van der Waals surface area contributed by atoms with E-state index in [0.717, 1.165) is 32.6 Å². The third kappa shape index (κ3) is 3.41. The zero-order chi connectivity index (χ0) is 15.6. The van der Waals surface area contributed by atoms with Crippen LogP contribution in [0.25, 0.3) is 0 Å². The van der Waals surface area contributed by atoms with Gasteiger partial charge in [-0.1, -0.05) is 29.8 Å². The van der Waals surface area contributed by atoms with Crippen molar-refractivity contribution >= 4 is 15.9 Å². The first-order valence-electron chi connectivity index (χ1n) is 6.94. The van der Waals surface area contributed by atoms with Crippen LogP contribution in [0.3, 0.4) is 0 Å². The minimum absolute atomic E-state index is 0.346. The number of aryl methyl sites for hydroxylation is 1. The van der Waals surface area contributed by atoms with E-state index in [1.165, 1.54) is 0 Å². The predicted octanol–water partition coefficient (Wildman–Crippen LogP) is 4.23. The zero-order valence-corrected chi connectivity index (χ0v) is 14.4. The predicted molar refractivity (Wildman–Crippen MR) is 87.7 cm³/mol. The summed E-state index contributed by atoms with van der Waals surface area (Å²) >= 11 is 3.50. The van der Waals surface area contributed by atoms with E-state index in [9.17, 15) is 0 Å². The fourth-order valence-corrected chi connectivity index (χ4v) is 2.50. The quantitative estimate of drug-likeness (QED) is 0.896. The highest BCUT2D eigenvalue weighted by Crippen LogP contribution is 2.33. The van der Waals surface area contributed by atoms with Gasteiger partial charge >= 0.3 is 0 Å². The third-order valence-electron chi connectivity index (χ3n) is 3.55. The van der Waals surface area contributed by atoms with Crippen molar-refractivity contribution in [1.82, 2.24) is 10.2 Å². The lowest BCUT2D eigenvalue weighted by atomic mass is 10.0. The van der Waals surface area contributed by atoms with Crippen LogP contribution in [0, 0.1) is 13.8 Å². The van der Waals surface area contributed by atoms with Crippen molar-refractivity contribution in [1.29, 1.82) is 0 Å². The molecular formula is C16H20BrN3O. The number of aromatic nitrogens is 2. The molecule has 0 radical (unpaired) electrons. The van der Waals surface area contributed by atoms with Crippen molar-refractivity contribution < 1.29 is 4.74 Å². The maximum atomic E-state index is 6.01. The second kappa shape index (κ2) is 6.54. The Morgan fingerprint density at radius 2 is 1.95 bits per heavy atom. The van der Waals surface area contributed by atoms with E-state index in [1.807, 2.05) is 26.0 Å². The Hall–Kier alpha value is -1.46. The van der Waals surface area contributed by atoms with Crippen LogP contribution in [0.15, 0.2) is 22.7 Å². The summed E-state index contributed by atoms with van der Waals surface area (Å²) in [5.74, 6) is 1.63. The van der Waals surface area contributed by atoms with Gasteiger partial charge in [0.1, 0.15) is 5.75 Å². The molecule has 2 aromatic rings. The number of hydrogen-bond acceptors (Lipinski definition) is 4. The topological polar surface area (TPSA) is 61.0 Å². The summed E-state index contributed by atoms with van der Waals surface area (Å²) < 4.78 is 7.04. The van der Waals surface area contributed by atoms with Crippen molar-refractivity contribution in [3.63, 3.8) is 0 Å². The van der Waals surface area contributed by atoms with Gasteiger partial charge in [-0.15, -0.1) is 5.10 Å². The molecule has 1 aromatic heterocycles. The smallest absolute Gasteiger partial charge is 0.243 e. The largest absolute Gasteiger partial charge is 0.437 e. The summed E-state index contributed by atoms with van der Waals surface area (Å²) in [5, 5.41) is 8.30. The Morgan fingerprint density at radius 1 is 1.24 bits per heavy atom. The van der Waals surface area contributed by atoms with Gasteiger partial charge < -0.3 is 10.5 Å². The molecule has 21 heavy (non-hydrogen) atoms. The molecule has 1 heterocycles. The van der Waals surface area contributed by atoms with E-state index in [1.54, 1.807) is 0 Å². The summed E-state index contributed by atoms with van der Waals surface area (Å²) in [6.45, 7) is 8.55. The lowest BCUT2D eigenvalue weighted by Gasteiger charge is -2.16. The van der Waals surface area contributed by atoms with Crippen LogP contribution in [0.5, 0.6) is 11.6 Å². The van der Waals surface area contributed by atoms with E-state index in [4.69, 9.17) is 10.5 Å². The van der Waals surface area contributed by atoms with Crippen molar-refractivity contribution in [3.05, 3.63) is 45.1 Å². The van der Waals surface area contributed by atoms with Crippen LogP contribution in [0.4, 0.5) is 0 Å². The van der Waals surface area contributed by atoms with E-state index >= 15 is 0 Å². The van der Waals surface area contributed by atoms with Crippen LogP contribution < -0.4 is 10.5 Å². The molecule has 2 N–H and O–H groups in total. The average molecular weight is 350 g/mol. The Bertz CT molecular complexity index is 656. The fourth-order valence-electron chi connectivity index (χ4n) is 2.12. The molecule has 0 spiro atoms. The number of hydrogen-bond donors (Lipinski definition) is 1. The summed E-state index contributed by atoms with van der Waals surface area (Å²) in [6.07, 6.45) is 0. The van der Waals surface area contributed by atoms with Crippen LogP contribution >= 0.6 is 15.9 Å². The van der Waals surface area contributed by atoms with Crippen molar-refractivity contribution in [2.75, 3.05) is 0 Å². The molecule has 0 fully saturated rings. The van der Waals surface area contributed by atoms with Crippen molar-refractivity contribution in [2.45, 2.75) is 40.2 Å². The molecule has 0 bridgehead atoms. The molecule has 0 unspecified atom stereocenters. The normalized spacial score (nSPS) is 11.0. The molecule has 0 saturated heterocycles. The fraction of sp³-hybridized carbons (Fsp3) is 0.375. The molecule has 0 amide bonds. The molecule has 2 rings (SSSR count). The Balaban J connectivity index is 2.46. The molecule has 0 aliphatic heterocycles. The second-order valence-electron chi connectivity index (χ2n) is 5.34. The summed E-state index contributed by atoms with van der Waals surface area (Å²) in [5.41, 5.74) is 9.77. The van der Waals surface area contributed by atoms with Gasteiger partial charge in [0.2, 0.25) is 5.88 Å². The van der Waals surface area contributed by atoms with Crippen LogP contribution in [0.2, 0.25) is 0 Å². The average Bonchev–Trinajstić information content (AvgIpc) is 2.45. The van der Waals surface area contributed by atoms with Gasteiger partial charge in [-0.25, -0.2) is 0 Å². The van der Waals surface area contributed by atoms with Gasteiger partial charge in [0.05, 0.1) is 5.69 Å². The highest BCUT2D eigenvalue weighted by molar-refractivity contribution is 9.10.